The van der Waals surface area contributed by atoms with Gasteiger partial charge in [-0.1, -0.05) is 35.3 Å². The third kappa shape index (κ3) is 4.52. The molecule has 0 spiro atoms. The standard InChI is InChI=1S/C20H21Cl2N5O2/c1-11-14(12(2)27-20(26-11)15(10-25-27)19(23)29)6-7-17(28)24-9-8-13-4-3-5-16(21)18(13)22/h3-5,10H,6-9H2,1-2H3,(H2,23,29)(H,24,28). The number of fused-ring (bicyclic) bond motifs is 1. The van der Waals surface area contributed by atoms with Crippen molar-refractivity contribution >= 4 is 40.7 Å². The quantitative estimate of drug-likeness (QED) is 0.597. The zero-order valence-corrected chi connectivity index (χ0v) is 17.6. The maximum absolute atomic E-state index is 12.3. The van der Waals surface area contributed by atoms with Crippen molar-refractivity contribution in [2.24, 2.45) is 5.73 Å². The van der Waals surface area contributed by atoms with Crippen molar-refractivity contribution in [3.8, 4) is 0 Å². The Balaban J connectivity index is 1.62. The van der Waals surface area contributed by atoms with Gasteiger partial charge in [-0.05, 0) is 43.9 Å². The summed E-state index contributed by atoms with van der Waals surface area (Å²) in [5.74, 6) is -0.640. The normalized spacial score (nSPS) is 11.0. The Labute approximate surface area is 178 Å². The minimum Gasteiger partial charge on any atom is -0.365 e. The lowest BCUT2D eigenvalue weighted by Crippen LogP contribution is -2.26. The van der Waals surface area contributed by atoms with Crippen molar-refractivity contribution < 1.29 is 9.59 Å². The lowest BCUT2D eigenvalue weighted by atomic mass is 10.1. The summed E-state index contributed by atoms with van der Waals surface area (Å²) in [7, 11) is 0. The molecule has 7 nitrogen and oxygen atoms in total. The molecule has 0 fully saturated rings. The molecular formula is C20H21Cl2N5O2. The lowest BCUT2D eigenvalue weighted by Gasteiger charge is -2.12. The lowest BCUT2D eigenvalue weighted by molar-refractivity contribution is -0.121. The van der Waals surface area contributed by atoms with Gasteiger partial charge in [-0.3, -0.25) is 9.59 Å². The van der Waals surface area contributed by atoms with E-state index in [0.717, 1.165) is 22.5 Å². The van der Waals surface area contributed by atoms with E-state index in [2.05, 4.69) is 15.4 Å². The molecule has 0 aliphatic carbocycles. The van der Waals surface area contributed by atoms with Crippen LogP contribution in [0.3, 0.4) is 0 Å². The minimum absolute atomic E-state index is 0.0691. The second kappa shape index (κ2) is 8.80. The SMILES string of the molecule is Cc1nc2c(C(N)=O)cnn2c(C)c1CCC(=O)NCCc1cccc(Cl)c1Cl. The number of benzene rings is 1. The van der Waals surface area contributed by atoms with Gasteiger partial charge >= 0.3 is 0 Å². The first kappa shape index (κ1) is 21.1. The molecule has 0 saturated heterocycles. The van der Waals surface area contributed by atoms with Gasteiger partial charge in [0.25, 0.3) is 5.91 Å². The van der Waals surface area contributed by atoms with E-state index in [-0.39, 0.29) is 11.5 Å². The van der Waals surface area contributed by atoms with Crippen LogP contribution in [0.25, 0.3) is 5.65 Å². The molecule has 9 heteroatoms. The fraction of sp³-hybridized carbons (Fsp3) is 0.300. The first-order chi connectivity index (χ1) is 13.8. The third-order valence-corrected chi connectivity index (χ3v) is 5.68. The van der Waals surface area contributed by atoms with Crippen molar-refractivity contribution in [2.75, 3.05) is 6.54 Å². The first-order valence-electron chi connectivity index (χ1n) is 9.12. The Kier molecular flexibility index (Phi) is 6.39. The summed E-state index contributed by atoms with van der Waals surface area (Å²) in [6, 6.07) is 5.45. The molecule has 3 N–H and O–H groups in total. The van der Waals surface area contributed by atoms with E-state index in [1.54, 1.807) is 10.6 Å². The molecule has 2 amide bonds. The van der Waals surface area contributed by atoms with Crippen molar-refractivity contribution in [1.82, 2.24) is 19.9 Å². The van der Waals surface area contributed by atoms with Gasteiger partial charge < -0.3 is 11.1 Å². The van der Waals surface area contributed by atoms with Crippen molar-refractivity contribution in [1.29, 1.82) is 0 Å². The fourth-order valence-electron chi connectivity index (χ4n) is 3.25. The largest absolute Gasteiger partial charge is 0.365 e. The van der Waals surface area contributed by atoms with Crippen molar-refractivity contribution in [3.05, 3.63) is 62.5 Å². The monoisotopic (exact) mass is 433 g/mol. The number of nitrogens with two attached hydrogens (primary N) is 1. The van der Waals surface area contributed by atoms with Gasteiger partial charge in [0.15, 0.2) is 5.65 Å². The van der Waals surface area contributed by atoms with Crippen LogP contribution in [0.5, 0.6) is 0 Å². The van der Waals surface area contributed by atoms with Crippen molar-refractivity contribution in [2.45, 2.75) is 33.1 Å². The highest BCUT2D eigenvalue weighted by molar-refractivity contribution is 6.42. The van der Waals surface area contributed by atoms with Crippen LogP contribution in [-0.2, 0) is 17.6 Å². The molecule has 2 aromatic heterocycles. The zero-order chi connectivity index (χ0) is 21.1. The third-order valence-electron chi connectivity index (χ3n) is 4.82. The van der Waals surface area contributed by atoms with E-state index >= 15 is 0 Å². The average molecular weight is 434 g/mol. The summed E-state index contributed by atoms with van der Waals surface area (Å²) in [6.07, 6.45) is 2.83. The molecule has 0 bridgehead atoms. The molecular weight excluding hydrogens is 413 g/mol. The Bertz CT molecular complexity index is 1090. The molecule has 0 atom stereocenters. The van der Waals surface area contributed by atoms with Gasteiger partial charge in [0.2, 0.25) is 5.91 Å². The number of hydrogen-bond acceptors (Lipinski definition) is 4. The van der Waals surface area contributed by atoms with Crippen LogP contribution in [0.4, 0.5) is 0 Å². The van der Waals surface area contributed by atoms with Crippen molar-refractivity contribution in [3.63, 3.8) is 0 Å². The highest BCUT2D eigenvalue weighted by Crippen LogP contribution is 2.25. The summed E-state index contributed by atoms with van der Waals surface area (Å²) in [5.41, 5.74) is 9.47. The van der Waals surface area contributed by atoms with Gasteiger partial charge in [0.1, 0.15) is 5.56 Å². The molecule has 0 unspecified atom stereocenters. The Hall–Kier alpha value is -2.64. The number of carbonyl (C=O) groups excluding carboxylic acids is 2. The van der Waals surface area contributed by atoms with Gasteiger partial charge in [0.05, 0.1) is 16.2 Å². The average Bonchev–Trinajstić information content (AvgIpc) is 3.09. The summed E-state index contributed by atoms with van der Waals surface area (Å²) in [5, 5.41) is 8.11. The van der Waals surface area contributed by atoms with Crippen LogP contribution in [-0.4, -0.2) is 33.0 Å². The highest BCUT2D eigenvalue weighted by atomic mass is 35.5. The number of aromatic nitrogens is 3. The molecule has 0 aliphatic rings. The molecule has 2 heterocycles. The Morgan fingerprint density at radius 2 is 1.97 bits per heavy atom. The predicted molar refractivity (Wildman–Crippen MR) is 112 cm³/mol. The molecule has 152 valence electrons. The number of carbonyl (C=O) groups is 2. The number of primary amides is 1. The number of halogens is 2. The molecule has 0 radical (unpaired) electrons. The van der Waals surface area contributed by atoms with E-state index in [0.29, 0.717) is 41.5 Å². The highest BCUT2D eigenvalue weighted by Gasteiger charge is 2.17. The number of nitrogens with one attached hydrogen (secondary N) is 1. The van der Waals surface area contributed by atoms with Crippen LogP contribution < -0.4 is 11.1 Å². The summed E-state index contributed by atoms with van der Waals surface area (Å²) in [4.78, 5) is 28.2. The number of amides is 2. The molecule has 3 aromatic rings. The van der Waals surface area contributed by atoms with Crippen LogP contribution in [0.1, 0.15) is 39.3 Å². The van der Waals surface area contributed by atoms with E-state index in [1.165, 1.54) is 6.20 Å². The number of hydrogen-bond donors (Lipinski definition) is 2. The summed E-state index contributed by atoms with van der Waals surface area (Å²) >= 11 is 12.2. The van der Waals surface area contributed by atoms with Crippen LogP contribution in [0.2, 0.25) is 10.0 Å². The van der Waals surface area contributed by atoms with Gasteiger partial charge in [-0.15, -0.1) is 0 Å². The predicted octanol–water partition coefficient (Wildman–Crippen LogP) is 3.04. The summed E-state index contributed by atoms with van der Waals surface area (Å²) in [6.45, 7) is 4.20. The van der Waals surface area contributed by atoms with Crippen LogP contribution in [0, 0.1) is 13.8 Å². The van der Waals surface area contributed by atoms with Crippen LogP contribution >= 0.6 is 23.2 Å². The summed E-state index contributed by atoms with van der Waals surface area (Å²) < 4.78 is 1.58. The molecule has 3 rings (SSSR count). The smallest absolute Gasteiger partial charge is 0.254 e. The number of rotatable bonds is 7. The van der Waals surface area contributed by atoms with E-state index < -0.39 is 5.91 Å². The molecule has 0 aliphatic heterocycles. The van der Waals surface area contributed by atoms with Gasteiger partial charge in [-0.2, -0.15) is 5.10 Å². The maximum atomic E-state index is 12.3. The van der Waals surface area contributed by atoms with E-state index in [4.69, 9.17) is 28.9 Å². The van der Waals surface area contributed by atoms with Gasteiger partial charge in [0, 0.05) is 24.4 Å². The number of nitrogens with zero attached hydrogens (tertiary/aromatic N) is 3. The minimum atomic E-state index is -0.571. The second-order valence-electron chi connectivity index (χ2n) is 6.73. The molecule has 0 saturated carbocycles. The zero-order valence-electron chi connectivity index (χ0n) is 16.1. The van der Waals surface area contributed by atoms with E-state index in [9.17, 15) is 9.59 Å². The molecule has 1 aromatic carbocycles. The Morgan fingerprint density at radius 1 is 1.21 bits per heavy atom. The topological polar surface area (TPSA) is 102 Å². The van der Waals surface area contributed by atoms with E-state index in [1.807, 2.05) is 26.0 Å². The Morgan fingerprint density at radius 3 is 2.69 bits per heavy atom. The fourth-order valence-corrected chi connectivity index (χ4v) is 3.67. The molecule has 29 heavy (non-hydrogen) atoms. The van der Waals surface area contributed by atoms with Crippen LogP contribution in [0.15, 0.2) is 24.4 Å². The number of aryl methyl sites for hydroxylation is 2. The first-order valence-corrected chi connectivity index (χ1v) is 9.88. The maximum Gasteiger partial charge on any atom is 0.254 e. The second-order valence-corrected chi connectivity index (χ2v) is 7.52. The van der Waals surface area contributed by atoms with Gasteiger partial charge in [-0.25, -0.2) is 9.50 Å².